The third-order valence-electron chi connectivity index (χ3n) is 4.94. The Bertz CT molecular complexity index is 1100. The third-order valence-corrected chi connectivity index (χ3v) is 7.09. The number of ether oxygens (including phenoxy) is 2. The summed E-state index contributed by atoms with van der Waals surface area (Å²) in [6.07, 6.45) is -12.3. The van der Waals surface area contributed by atoms with Crippen LogP contribution in [0.25, 0.3) is 0 Å². The van der Waals surface area contributed by atoms with Gasteiger partial charge in [-0.3, -0.25) is 18.9 Å². The Kier molecular flexibility index (Phi) is 10.8. The fraction of sp³-hybridized carbons (Fsp3) is 0.733. The zero-order valence-corrected chi connectivity index (χ0v) is 20.1. The molecule has 214 valence electrons. The molecule has 2 unspecified atom stereocenters. The van der Waals surface area contributed by atoms with Crippen LogP contribution in [0.4, 0.5) is 0 Å². The first-order valence-corrected chi connectivity index (χ1v) is 13.1. The van der Waals surface area contributed by atoms with Crippen LogP contribution in [0.5, 0.6) is 0 Å². The summed E-state index contributed by atoms with van der Waals surface area (Å²) in [5.74, 6) is 0. The first kappa shape index (κ1) is 31.8. The minimum absolute atomic E-state index is 0.526. The number of phosphoric acid groups is 2. The van der Waals surface area contributed by atoms with Gasteiger partial charge < -0.3 is 59.9 Å². The largest absolute Gasteiger partial charge is 0.481 e. The van der Waals surface area contributed by atoms with E-state index in [0.717, 1.165) is 16.8 Å². The van der Waals surface area contributed by atoms with E-state index in [4.69, 9.17) is 44.9 Å². The Morgan fingerprint density at radius 3 is 2.03 bits per heavy atom. The Balaban J connectivity index is 0.000000335. The van der Waals surface area contributed by atoms with Gasteiger partial charge in [-0.05, 0) is 0 Å². The van der Waals surface area contributed by atoms with Gasteiger partial charge in [0.1, 0.15) is 42.7 Å². The van der Waals surface area contributed by atoms with Crippen LogP contribution in [-0.4, -0.2) is 122 Å². The zero-order valence-electron chi connectivity index (χ0n) is 18.3. The maximum absolute atomic E-state index is 11.7. The second-order valence-electron chi connectivity index (χ2n) is 7.62. The summed E-state index contributed by atoms with van der Waals surface area (Å²) in [5.41, 5.74) is -1.65. The second-order valence-corrected chi connectivity index (χ2v) is 10.4. The van der Waals surface area contributed by atoms with Crippen molar-refractivity contribution in [2.75, 3.05) is 13.2 Å². The van der Waals surface area contributed by atoms with E-state index in [1.54, 1.807) is 0 Å². The number of aliphatic hydroxyl groups excluding tert-OH is 7. The average molecular weight is 584 g/mol. The molecular formula is C15H26N2O18P2. The Morgan fingerprint density at radius 1 is 0.892 bits per heavy atom. The molecule has 37 heavy (non-hydrogen) atoms. The number of aliphatic hydroxyl groups is 7. The van der Waals surface area contributed by atoms with E-state index in [1.807, 2.05) is 4.98 Å². The van der Waals surface area contributed by atoms with Crippen molar-refractivity contribution in [2.24, 2.45) is 0 Å². The predicted octanol–water partition coefficient (Wildman–Crippen LogP) is -5.84. The number of phosphoric ester groups is 1. The van der Waals surface area contributed by atoms with E-state index in [-0.39, 0.29) is 0 Å². The number of aromatic nitrogens is 2. The number of hydrogen-bond donors (Lipinski definition) is 11. The monoisotopic (exact) mass is 584 g/mol. The molecule has 0 bridgehead atoms. The number of H-pyrrole nitrogens is 1. The number of nitrogens with zero attached hydrogens (tertiary/aromatic N) is 1. The lowest BCUT2D eigenvalue weighted by Gasteiger charge is -2.37. The first-order valence-electron chi connectivity index (χ1n) is 10.0. The quantitative estimate of drug-likeness (QED) is 0.133. The molecule has 0 saturated carbocycles. The van der Waals surface area contributed by atoms with Gasteiger partial charge in [0.05, 0.1) is 13.2 Å². The van der Waals surface area contributed by atoms with E-state index in [9.17, 15) is 28.9 Å². The highest BCUT2D eigenvalue weighted by molar-refractivity contribution is 7.60. The molecule has 2 aliphatic heterocycles. The molecule has 10 atom stereocenters. The van der Waals surface area contributed by atoms with Crippen LogP contribution in [0, 0.1) is 0 Å². The van der Waals surface area contributed by atoms with Gasteiger partial charge in [0.2, 0.25) is 0 Å². The number of hydrogen-bond acceptors (Lipinski definition) is 15. The van der Waals surface area contributed by atoms with Crippen LogP contribution in [0.3, 0.4) is 0 Å². The lowest BCUT2D eigenvalue weighted by molar-refractivity contribution is -0.286. The molecule has 0 spiro atoms. The molecule has 2 saturated heterocycles. The smallest absolute Gasteiger partial charge is 0.394 e. The molecule has 2 fully saturated rings. The normalized spacial score (nSPS) is 35.9. The summed E-state index contributed by atoms with van der Waals surface area (Å²) in [5, 5.41) is 64.4. The van der Waals surface area contributed by atoms with Crippen molar-refractivity contribution in [1.29, 1.82) is 0 Å². The maximum atomic E-state index is 11.7. The lowest BCUT2D eigenvalue weighted by Crippen LogP contribution is -2.58. The van der Waals surface area contributed by atoms with Crippen LogP contribution < -0.4 is 11.2 Å². The van der Waals surface area contributed by atoms with Gasteiger partial charge in [0.15, 0.2) is 12.5 Å². The Morgan fingerprint density at radius 2 is 1.49 bits per heavy atom. The van der Waals surface area contributed by atoms with Crippen molar-refractivity contribution < 1.29 is 77.9 Å². The van der Waals surface area contributed by atoms with Gasteiger partial charge >= 0.3 is 21.3 Å². The van der Waals surface area contributed by atoms with E-state index < -0.39 is 95.4 Å². The van der Waals surface area contributed by atoms with Crippen LogP contribution in [0.15, 0.2) is 21.9 Å². The SMILES string of the molecule is O=c1ccn([C@@H]2O[C@H](COP(=O)(O)OP(=O)(O)O)[C@@H](O)[C@H]2O)c(=O)[nH]1.OC[C@H]1OC(O)[C@H](O)[C@@H](O)[C@H]1O. The molecule has 0 radical (unpaired) electrons. The number of nitrogens with one attached hydrogen (secondary N) is 1. The summed E-state index contributed by atoms with van der Waals surface area (Å²) in [6, 6.07) is 0.962. The molecule has 0 aromatic carbocycles. The molecule has 0 amide bonds. The van der Waals surface area contributed by atoms with E-state index in [1.165, 1.54) is 0 Å². The van der Waals surface area contributed by atoms with Crippen molar-refractivity contribution in [3.8, 4) is 0 Å². The van der Waals surface area contributed by atoms with Gasteiger partial charge in [-0.15, -0.1) is 0 Å². The Labute approximate surface area is 205 Å². The van der Waals surface area contributed by atoms with Gasteiger partial charge in [-0.1, -0.05) is 0 Å². The summed E-state index contributed by atoms with van der Waals surface area (Å²) < 4.78 is 40.2. The molecule has 11 N–H and O–H groups in total. The van der Waals surface area contributed by atoms with Crippen molar-refractivity contribution >= 4 is 15.6 Å². The third kappa shape index (κ3) is 8.53. The zero-order chi connectivity index (χ0) is 28.3. The first-order chi connectivity index (χ1) is 17.0. The summed E-state index contributed by atoms with van der Waals surface area (Å²) >= 11 is 0. The minimum Gasteiger partial charge on any atom is -0.394 e. The van der Waals surface area contributed by atoms with Gasteiger partial charge in [-0.2, -0.15) is 4.31 Å². The highest BCUT2D eigenvalue weighted by Gasteiger charge is 2.46. The Hall–Kier alpha value is -1.42. The van der Waals surface area contributed by atoms with Crippen LogP contribution in [0.2, 0.25) is 0 Å². The highest BCUT2D eigenvalue weighted by Crippen LogP contribution is 2.57. The average Bonchev–Trinajstić information content (AvgIpc) is 3.06. The van der Waals surface area contributed by atoms with E-state index in [0.29, 0.717) is 0 Å². The predicted molar refractivity (Wildman–Crippen MR) is 112 cm³/mol. The van der Waals surface area contributed by atoms with Crippen LogP contribution in [-0.2, 0) is 27.4 Å². The molecule has 22 heteroatoms. The van der Waals surface area contributed by atoms with Gasteiger partial charge in [-0.25, -0.2) is 13.9 Å². The summed E-state index contributed by atoms with van der Waals surface area (Å²) in [6.45, 7) is -1.43. The minimum atomic E-state index is -5.32. The van der Waals surface area contributed by atoms with E-state index >= 15 is 0 Å². The second kappa shape index (κ2) is 12.6. The summed E-state index contributed by atoms with van der Waals surface area (Å²) in [7, 11) is -10.5. The number of rotatable bonds is 7. The fourth-order valence-corrected chi connectivity index (χ4v) is 4.73. The van der Waals surface area contributed by atoms with Crippen LogP contribution >= 0.6 is 15.6 Å². The molecule has 1 aromatic rings. The van der Waals surface area contributed by atoms with Gasteiger partial charge in [0, 0.05) is 12.3 Å². The standard InChI is InChI=1S/C9H14N2O12P2.C6H12O6/c12-5-1-2-11(9(15)10-5)8-7(14)6(13)4(22-8)3-21-25(19,20)23-24(16,17)18;7-1-2-3(8)4(9)5(10)6(11)12-2/h1-2,4,6-8,13-14H,3H2,(H,19,20)(H,10,12,15)(H2,16,17,18);2-11H,1H2/t4-,6-,7-,8-;2-,3+,4+,5-,6?/m11/s1. The topological polar surface area (TPSA) is 328 Å². The molecule has 20 nitrogen and oxygen atoms in total. The van der Waals surface area contributed by atoms with Crippen molar-refractivity contribution in [2.45, 2.75) is 55.2 Å². The molecule has 2 aliphatic rings. The lowest BCUT2D eigenvalue weighted by atomic mass is 10.00. The maximum Gasteiger partial charge on any atom is 0.481 e. The molecule has 3 heterocycles. The van der Waals surface area contributed by atoms with Gasteiger partial charge in [0.25, 0.3) is 5.56 Å². The fourth-order valence-electron chi connectivity index (χ4n) is 3.13. The number of aromatic amines is 1. The van der Waals surface area contributed by atoms with Crippen molar-refractivity contribution in [3.63, 3.8) is 0 Å². The van der Waals surface area contributed by atoms with Crippen molar-refractivity contribution in [1.82, 2.24) is 9.55 Å². The van der Waals surface area contributed by atoms with E-state index in [2.05, 4.69) is 13.6 Å². The molecular weight excluding hydrogens is 558 g/mol. The molecule has 1 aromatic heterocycles. The highest BCUT2D eigenvalue weighted by atomic mass is 31.3. The summed E-state index contributed by atoms with van der Waals surface area (Å²) in [4.78, 5) is 50.7. The van der Waals surface area contributed by atoms with Crippen molar-refractivity contribution in [3.05, 3.63) is 33.1 Å². The van der Waals surface area contributed by atoms with Crippen LogP contribution in [0.1, 0.15) is 6.23 Å². The molecule has 0 aliphatic carbocycles. The molecule has 3 rings (SSSR count).